The van der Waals surface area contributed by atoms with Gasteiger partial charge in [0.05, 0.1) is 6.04 Å². The van der Waals surface area contributed by atoms with Gasteiger partial charge >= 0.3 is 6.03 Å². The Labute approximate surface area is 136 Å². The summed E-state index contributed by atoms with van der Waals surface area (Å²) in [6.07, 6.45) is 1.28. The van der Waals surface area contributed by atoms with Gasteiger partial charge in [0.25, 0.3) is 5.91 Å². The molecule has 2 atom stereocenters. The predicted molar refractivity (Wildman–Crippen MR) is 79.1 cm³/mol. The Bertz CT molecular complexity index is 712. The van der Waals surface area contributed by atoms with Gasteiger partial charge in [0, 0.05) is 19.5 Å². The lowest BCUT2D eigenvalue weighted by Crippen LogP contribution is -2.43. The van der Waals surface area contributed by atoms with Gasteiger partial charge in [0.2, 0.25) is 5.91 Å². The number of rotatable bonds is 2. The fourth-order valence-corrected chi connectivity index (χ4v) is 3.81. The van der Waals surface area contributed by atoms with E-state index < -0.39 is 41.3 Å². The van der Waals surface area contributed by atoms with Gasteiger partial charge in [-0.1, -0.05) is 6.07 Å². The molecule has 1 unspecified atom stereocenters. The van der Waals surface area contributed by atoms with Crippen LogP contribution in [0.4, 0.5) is 19.3 Å². The van der Waals surface area contributed by atoms with E-state index in [1.807, 2.05) is 0 Å². The lowest BCUT2D eigenvalue weighted by atomic mass is 10.2. The van der Waals surface area contributed by atoms with Gasteiger partial charge in [-0.05, 0) is 25.0 Å². The Morgan fingerprint density at radius 3 is 2.46 bits per heavy atom. The first-order chi connectivity index (χ1) is 11.5. The lowest BCUT2D eigenvalue weighted by molar-refractivity contribution is -0.129. The summed E-state index contributed by atoms with van der Waals surface area (Å²) in [6.45, 7) is 0.437. The maximum absolute atomic E-state index is 13.9. The van der Waals surface area contributed by atoms with Crippen LogP contribution in [0.5, 0.6) is 0 Å². The van der Waals surface area contributed by atoms with Gasteiger partial charge in [0.1, 0.15) is 23.4 Å². The zero-order valence-electron chi connectivity index (χ0n) is 12.7. The van der Waals surface area contributed by atoms with Crippen LogP contribution in [0.2, 0.25) is 0 Å². The maximum Gasteiger partial charge on any atom is 0.327 e. The molecule has 0 bridgehead atoms. The summed E-state index contributed by atoms with van der Waals surface area (Å²) in [5.74, 6) is -2.50. The molecule has 3 aliphatic rings. The van der Waals surface area contributed by atoms with Crippen molar-refractivity contribution in [2.24, 2.45) is 0 Å². The van der Waals surface area contributed by atoms with Crippen molar-refractivity contribution in [2.75, 3.05) is 18.0 Å². The summed E-state index contributed by atoms with van der Waals surface area (Å²) in [5, 5.41) is 0. The monoisotopic (exact) mass is 335 g/mol. The van der Waals surface area contributed by atoms with Gasteiger partial charge in [-0.2, -0.15) is 0 Å². The van der Waals surface area contributed by atoms with Gasteiger partial charge in [0.15, 0.2) is 0 Å². The third kappa shape index (κ3) is 2.02. The second kappa shape index (κ2) is 5.25. The molecule has 1 aromatic rings. The number of carbonyl (C=O) groups is 3. The van der Waals surface area contributed by atoms with E-state index in [0.29, 0.717) is 13.0 Å². The molecule has 4 rings (SSSR count). The summed E-state index contributed by atoms with van der Waals surface area (Å²) in [4.78, 5) is 40.7. The molecule has 0 radical (unpaired) electrons. The molecule has 6 nitrogen and oxygen atoms in total. The van der Waals surface area contributed by atoms with Crippen LogP contribution in [0.25, 0.3) is 0 Å². The Balaban J connectivity index is 1.61. The number of hydrogen-bond donors (Lipinski definition) is 0. The number of fused-ring (bicyclic) bond motifs is 1. The smallest absolute Gasteiger partial charge is 0.312 e. The quantitative estimate of drug-likeness (QED) is 0.770. The van der Waals surface area contributed by atoms with Gasteiger partial charge in [-0.15, -0.1) is 0 Å². The third-order valence-electron chi connectivity index (χ3n) is 4.90. The highest BCUT2D eigenvalue weighted by molar-refractivity contribution is 6.06. The molecular weight excluding hydrogens is 320 g/mol. The molecular formula is C16H15F2N3O3. The maximum atomic E-state index is 13.9. The average molecular weight is 335 g/mol. The lowest BCUT2D eigenvalue weighted by Gasteiger charge is -2.23. The van der Waals surface area contributed by atoms with E-state index in [4.69, 9.17) is 0 Å². The summed E-state index contributed by atoms with van der Waals surface area (Å²) >= 11 is 0. The largest absolute Gasteiger partial charge is 0.327 e. The Morgan fingerprint density at radius 1 is 1.08 bits per heavy atom. The van der Waals surface area contributed by atoms with E-state index in [9.17, 15) is 23.2 Å². The molecule has 3 fully saturated rings. The fourth-order valence-electron chi connectivity index (χ4n) is 3.81. The first-order valence-corrected chi connectivity index (χ1v) is 7.87. The van der Waals surface area contributed by atoms with Crippen LogP contribution in [-0.4, -0.2) is 52.8 Å². The molecule has 0 spiro atoms. The standard InChI is InChI=1S/C16H15F2N3O3/c17-10-3-1-4-11(18)14(10)20-8-9(7-13(20)22)21-15(23)12-5-2-6-19(12)16(21)24/h1,3-4,9,12H,2,5-8H2/t9?,12-/m0/s1. The SMILES string of the molecule is O=C1CC(N2C(=O)[C@@H]3CCCN3C2=O)CN1c1c(F)cccc1F. The molecule has 3 aliphatic heterocycles. The van der Waals surface area contributed by atoms with E-state index in [-0.39, 0.29) is 18.9 Å². The van der Waals surface area contributed by atoms with Crippen LogP contribution < -0.4 is 4.90 Å². The molecule has 3 heterocycles. The molecule has 8 heteroatoms. The summed E-state index contributed by atoms with van der Waals surface area (Å²) in [7, 11) is 0. The molecule has 126 valence electrons. The zero-order chi connectivity index (χ0) is 17.0. The molecule has 1 aromatic carbocycles. The molecule has 0 aromatic heterocycles. The van der Waals surface area contributed by atoms with Crippen LogP contribution in [-0.2, 0) is 9.59 Å². The minimum Gasteiger partial charge on any atom is -0.312 e. The number of nitrogens with zero attached hydrogens (tertiary/aromatic N) is 3. The van der Waals surface area contributed by atoms with E-state index >= 15 is 0 Å². The molecule has 24 heavy (non-hydrogen) atoms. The molecule has 0 N–H and O–H groups in total. The van der Waals surface area contributed by atoms with Gasteiger partial charge < -0.3 is 9.80 Å². The molecule has 0 aliphatic carbocycles. The van der Waals surface area contributed by atoms with Crippen LogP contribution in [0.3, 0.4) is 0 Å². The zero-order valence-corrected chi connectivity index (χ0v) is 12.7. The van der Waals surface area contributed by atoms with Crippen LogP contribution in [0.15, 0.2) is 18.2 Å². The minimum absolute atomic E-state index is 0.0886. The summed E-state index contributed by atoms with van der Waals surface area (Å²) in [6, 6.07) is 1.81. The van der Waals surface area contributed by atoms with Crippen molar-refractivity contribution in [3.05, 3.63) is 29.8 Å². The third-order valence-corrected chi connectivity index (χ3v) is 4.90. The first kappa shape index (κ1) is 15.0. The number of urea groups is 1. The normalized spacial score (nSPS) is 26.8. The topological polar surface area (TPSA) is 60.9 Å². The van der Waals surface area contributed by atoms with Crippen LogP contribution >= 0.6 is 0 Å². The number of para-hydroxylation sites is 1. The molecule has 3 saturated heterocycles. The van der Waals surface area contributed by atoms with Crippen LogP contribution in [0.1, 0.15) is 19.3 Å². The Hall–Kier alpha value is -2.51. The van der Waals surface area contributed by atoms with Crippen molar-refractivity contribution < 1.29 is 23.2 Å². The average Bonchev–Trinajstić information content (AvgIpc) is 3.19. The highest BCUT2D eigenvalue weighted by Crippen LogP contribution is 2.34. The second-order valence-electron chi connectivity index (χ2n) is 6.27. The number of amides is 4. The van der Waals surface area contributed by atoms with Crippen molar-refractivity contribution in [1.29, 1.82) is 0 Å². The highest BCUT2D eigenvalue weighted by Gasteiger charge is 2.52. The highest BCUT2D eigenvalue weighted by atomic mass is 19.1. The minimum atomic E-state index is -0.844. The van der Waals surface area contributed by atoms with Crippen molar-refractivity contribution in [2.45, 2.75) is 31.3 Å². The van der Waals surface area contributed by atoms with Crippen molar-refractivity contribution >= 4 is 23.5 Å². The number of benzene rings is 1. The predicted octanol–water partition coefficient (Wildman–Crippen LogP) is 1.50. The number of hydrogen-bond acceptors (Lipinski definition) is 3. The molecule has 4 amide bonds. The fraction of sp³-hybridized carbons (Fsp3) is 0.438. The van der Waals surface area contributed by atoms with Crippen molar-refractivity contribution in [1.82, 2.24) is 9.80 Å². The van der Waals surface area contributed by atoms with Crippen molar-refractivity contribution in [3.8, 4) is 0 Å². The molecule has 0 saturated carbocycles. The van der Waals surface area contributed by atoms with Gasteiger partial charge in [-0.25, -0.2) is 13.6 Å². The number of halogens is 2. The van der Waals surface area contributed by atoms with E-state index in [1.54, 1.807) is 0 Å². The number of anilines is 1. The second-order valence-corrected chi connectivity index (χ2v) is 6.27. The number of carbonyl (C=O) groups excluding carboxylic acids is 3. The van der Waals surface area contributed by atoms with Crippen LogP contribution in [0, 0.1) is 11.6 Å². The van der Waals surface area contributed by atoms with E-state index in [0.717, 1.165) is 28.4 Å². The first-order valence-electron chi connectivity index (χ1n) is 7.87. The Kier molecular flexibility index (Phi) is 3.29. The summed E-state index contributed by atoms with van der Waals surface area (Å²) < 4.78 is 27.9. The van der Waals surface area contributed by atoms with Gasteiger partial charge in [-0.3, -0.25) is 14.5 Å². The van der Waals surface area contributed by atoms with Crippen molar-refractivity contribution in [3.63, 3.8) is 0 Å². The van der Waals surface area contributed by atoms with E-state index in [2.05, 4.69) is 0 Å². The summed E-state index contributed by atoms with van der Waals surface area (Å²) in [5.41, 5.74) is -0.426. The Morgan fingerprint density at radius 2 is 1.79 bits per heavy atom. The van der Waals surface area contributed by atoms with E-state index in [1.165, 1.54) is 11.0 Å². The number of imide groups is 1.